The fourth-order valence-corrected chi connectivity index (χ4v) is 7.13. The Bertz CT molecular complexity index is 785. The van der Waals surface area contributed by atoms with Gasteiger partial charge in [0, 0.05) is 0 Å². The number of benzene rings is 1. The highest BCUT2D eigenvalue weighted by molar-refractivity contribution is 7.97. The van der Waals surface area contributed by atoms with Crippen molar-refractivity contribution >= 4 is 25.6 Å². The van der Waals surface area contributed by atoms with E-state index >= 15 is 0 Å². The van der Waals surface area contributed by atoms with Crippen molar-refractivity contribution in [2.75, 3.05) is 5.75 Å². The van der Waals surface area contributed by atoms with Crippen molar-refractivity contribution in [3.05, 3.63) is 30.3 Å². The van der Waals surface area contributed by atoms with E-state index in [1.807, 2.05) is 13.8 Å². The Labute approximate surface area is 149 Å². The van der Waals surface area contributed by atoms with Gasteiger partial charge in [0.25, 0.3) is 5.91 Å². The molecule has 0 aliphatic heterocycles. The average molecular weight is 391 g/mol. The minimum Gasteiger partial charge on any atom is -0.367 e. The summed E-state index contributed by atoms with van der Waals surface area (Å²) in [6, 6.07) is 7.01. The summed E-state index contributed by atoms with van der Waals surface area (Å²) in [5.74, 6) is -2.41. The van der Waals surface area contributed by atoms with Gasteiger partial charge in [0.2, 0.25) is 14.7 Å². The summed E-state index contributed by atoms with van der Waals surface area (Å²) in [5.41, 5.74) is 11.1. The standard InChI is InChI=1S/C16H26N2O5S2/c1-3-8-13(9-4-2)24(20,21)12-16(18,15(17)19)25(22,23)14-10-6-5-7-11-14/h5-7,10-11,13H,3-4,8-9,12,18H2,1-2H3,(H2,17,19)/t16-/m1/s1. The molecule has 0 heterocycles. The topological polar surface area (TPSA) is 137 Å². The number of carbonyl (C=O) groups is 1. The number of sulfone groups is 2. The lowest BCUT2D eigenvalue weighted by atomic mass is 10.2. The number of amides is 1. The van der Waals surface area contributed by atoms with Crippen LogP contribution in [-0.4, -0.2) is 38.6 Å². The quantitative estimate of drug-likeness (QED) is 0.611. The van der Waals surface area contributed by atoms with Crippen LogP contribution in [0.2, 0.25) is 0 Å². The third kappa shape index (κ3) is 4.59. The molecule has 0 bridgehead atoms. The monoisotopic (exact) mass is 390 g/mol. The molecular formula is C16H26N2O5S2. The van der Waals surface area contributed by atoms with E-state index in [1.165, 1.54) is 24.3 Å². The van der Waals surface area contributed by atoms with Crippen LogP contribution in [0.15, 0.2) is 35.2 Å². The predicted octanol–water partition coefficient (Wildman–Crippen LogP) is 0.984. The van der Waals surface area contributed by atoms with Crippen molar-refractivity contribution in [2.45, 2.75) is 54.5 Å². The van der Waals surface area contributed by atoms with E-state index < -0.39 is 41.5 Å². The first-order valence-electron chi connectivity index (χ1n) is 8.13. The molecule has 25 heavy (non-hydrogen) atoms. The molecule has 0 aliphatic carbocycles. The minimum absolute atomic E-state index is 0.242. The largest absolute Gasteiger partial charge is 0.367 e. The molecule has 1 aromatic carbocycles. The summed E-state index contributed by atoms with van der Waals surface area (Å²) < 4.78 is 51.2. The molecule has 0 spiro atoms. The van der Waals surface area contributed by atoms with E-state index in [4.69, 9.17) is 11.5 Å². The second kappa shape index (κ2) is 8.29. The molecule has 1 atom stereocenters. The maximum atomic E-state index is 12.8. The zero-order valence-corrected chi connectivity index (χ0v) is 16.1. The molecule has 1 amide bonds. The Hall–Kier alpha value is -1.45. The first-order valence-corrected chi connectivity index (χ1v) is 11.3. The number of nitrogens with two attached hydrogens (primary N) is 2. The van der Waals surface area contributed by atoms with Crippen LogP contribution >= 0.6 is 0 Å². The highest BCUT2D eigenvalue weighted by Crippen LogP contribution is 2.26. The summed E-state index contributed by atoms with van der Waals surface area (Å²) in [4.78, 5) is 8.95. The van der Waals surface area contributed by atoms with Gasteiger partial charge in [-0.05, 0) is 25.0 Å². The van der Waals surface area contributed by atoms with Gasteiger partial charge in [0.05, 0.1) is 15.9 Å². The maximum absolute atomic E-state index is 12.8. The lowest BCUT2D eigenvalue weighted by Gasteiger charge is -2.28. The van der Waals surface area contributed by atoms with Crippen molar-refractivity contribution in [2.24, 2.45) is 11.5 Å². The molecule has 142 valence electrons. The van der Waals surface area contributed by atoms with Gasteiger partial charge in [0.1, 0.15) is 0 Å². The van der Waals surface area contributed by atoms with Crippen LogP contribution in [0.25, 0.3) is 0 Å². The predicted molar refractivity (Wildman–Crippen MR) is 97.1 cm³/mol. The van der Waals surface area contributed by atoms with Crippen LogP contribution in [-0.2, 0) is 24.5 Å². The van der Waals surface area contributed by atoms with E-state index in [0.717, 1.165) is 0 Å². The number of hydrogen-bond donors (Lipinski definition) is 2. The summed E-state index contributed by atoms with van der Waals surface area (Å²) in [7, 11) is -8.42. The Morgan fingerprint density at radius 1 is 1.04 bits per heavy atom. The molecule has 1 rings (SSSR count). The molecule has 7 nitrogen and oxygen atoms in total. The van der Waals surface area contributed by atoms with Gasteiger partial charge in [-0.15, -0.1) is 0 Å². The third-order valence-corrected chi connectivity index (χ3v) is 8.82. The molecule has 9 heteroatoms. The van der Waals surface area contributed by atoms with Crippen molar-refractivity contribution in [1.29, 1.82) is 0 Å². The molecule has 1 aromatic rings. The molecule has 0 radical (unpaired) electrons. The van der Waals surface area contributed by atoms with Crippen molar-refractivity contribution in [1.82, 2.24) is 0 Å². The number of carbonyl (C=O) groups excluding carboxylic acids is 1. The van der Waals surface area contributed by atoms with Crippen molar-refractivity contribution in [3.8, 4) is 0 Å². The fraction of sp³-hybridized carbons (Fsp3) is 0.562. The molecule has 0 saturated heterocycles. The van der Waals surface area contributed by atoms with Crippen LogP contribution < -0.4 is 11.5 Å². The van der Waals surface area contributed by atoms with Gasteiger partial charge in [-0.25, -0.2) is 16.8 Å². The van der Waals surface area contributed by atoms with Crippen LogP contribution in [0.4, 0.5) is 0 Å². The molecule has 4 N–H and O–H groups in total. The zero-order valence-electron chi connectivity index (χ0n) is 14.5. The number of primary amides is 1. The molecule has 0 fully saturated rings. The van der Waals surface area contributed by atoms with Crippen LogP contribution in [0.3, 0.4) is 0 Å². The second-order valence-electron chi connectivity index (χ2n) is 6.08. The SMILES string of the molecule is CCCC(CCC)S(=O)(=O)C[C@](N)(C(N)=O)S(=O)(=O)c1ccccc1. The molecular weight excluding hydrogens is 364 g/mol. The van der Waals surface area contributed by atoms with E-state index in [1.54, 1.807) is 6.07 Å². The second-order valence-corrected chi connectivity index (χ2v) is 10.6. The molecule has 0 aromatic heterocycles. The van der Waals surface area contributed by atoms with E-state index in [9.17, 15) is 21.6 Å². The Morgan fingerprint density at radius 3 is 1.92 bits per heavy atom. The highest BCUT2D eigenvalue weighted by Gasteiger charge is 2.51. The summed E-state index contributed by atoms with van der Waals surface area (Å²) >= 11 is 0. The zero-order chi connectivity index (χ0) is 19.3. The average Bonchev–Trinajstić information content (AvgIpc) is 2.54. The maximum Gasteiger partial charge on any atom is 0.254 e. The minimum atomic E-state index is -4.47. The first kappa shape index (κ1) is 21.6. The number of rotatable bonds is 10. The summed E-state index contributed by atoms with van der Waals surface area (Å²) in [5, 5.41) is -0.754. The molecule has 0 saturated carbocycles. The van der Waals surface area contributed by atoms with E-state index in [0.29, 0.717) is 25.7 Å². The van der Waals surface area contributed by atoms with E-state index in [-0.39, 0.29) is 4.90 Å². The number of hydrogen-bond acceptors (Lipinski definition) is 6. The highest BCUT2D eigenvalue weighted by atomic mass is 32.2. The van der Waals surface area contributed by atoms with Gasteiger partial charge in [-0.2, -0.15) is 0 Å². The van der Waals surface area contributed by atoms with Crippen molar-refractivity contribution in [3.63, 3.8) is 0 Å². The summed E-state index contributed by atoms with van der Waals surface area (Å²) in [6.07, 6.45) is 1.97. The van der Waals surface area contributed by atoms with Gasteiger partial charge >= 0.3 is 0 Å². The van der Waals surface area contributed by atoms with Crippen LogP contribution in [0.5, 0.6) is 0 Å². The van der Waals surface area contributed by atoms with E-state index in [2.05, 4.69) is 0 Å². The normalized spacial score (nSPS) is 15.0. The fourth-order valence-electron chi connectivity index (χ4n) is 2.66. The summed E-state index contributed by atoms with van der Waals surface area (Å²) in [6.45, 7) is 3.67. The van der Waals surface area contributed by atoms with Gasteiger partial charge < -0.3 is 11.5 Å². The third-order valence-electron chi connectivity index (χ3n) is 4.09. The van der Waals surface area contributed by atoms with Crippen molar-refractivity contribution < 1.29 is 21.6 Å². The van der Waals surface area contributed by atoms with Crippen LogP contribution in [0.1, 0.15) is 39.5 Å². The van der Waals surface area contributed by atoms with Gasteiger partial charge in [-0.1, -0.05) is 44.9 Å². The Balaban J connectivity index is 3.38. The Kier molecular flexibility index (Phi) is 7.16. The van der Waals surface area contributed by atoms with Gasteiger partial charge in [0.15, 0.2) is 9.84 Å². The lowest BCUT2D eigenvalue weighted by Crippen LogP contribution is -2.62. The molecule has 0 unspecified atom stereocenters. The van der Waals surface area contributed by atoms with Gasteiger partial charge in [-0.3, -0.25) is 4.79 Å². The lowest BCUT2D eigenvalue weighted by molar-refractivity contribution is -0.119. The Morgan fingerprint density at radius 2 is 1.52 bits per heavy atom. The smallest absolute Gasteiger partial charge is 0.254 e. The van der Waals surface area contributed by atoms with Crippen LogP contribution in [0, 0.1) is 0 Å². The molecule has 0 aliphatic rings. The first-order chi connectivity index (χ1) is 11.5.